The van der Waals surface area contributed by atoms with Gasteiger partial charge in [0.25, 0.3) is 0 Å². The molecule has 3 atom stereocenters. The monoisotopic (exact) mass is 389 g/mol. The van der Waals surface area contributed by atoms with Crippen molar-refractivity contribution < 1.29 is 9.53 Å². The van der Waals surface area contributed by atoms with Crippen molar-refractivity contribution in [3.63, 3.8) is 0 Å². The summed E-state index contributed by atoms with van der Waals surface area (Å²) in [4.78, 5) is 15.7. The number of carbonyl (C=O) groups excluding carboxylic acids is 1. The van der Waals surface area contributed by atoms with Gasteiger partial charge < -0.3 is 15.4 Å². The number of hydrogen-bond acceptors (Lipinski definition) is 4. The lowest BCUT2D eigenvalue weighted by Gasteiger charge is -2.42. The molecular weight excluding hydrogens is 362 g/mol. The number of benzene rings is 1. The van der Waals surface area contributed by atoms with Crippen molar-refractivity contribution in [2.75, 3.05) is 32.8 Å². The Hall–Kier alpha value is -1.14. The topological polar surface area (TPSA) is 53.6 Å². The Kier molecular flexibility index (Phi) is 4.67. The molecule has 0 radical (unpaired) electrons. The van der Waals surface area contributed by atoms with Gasteiger partial charge in [0, 0.05) is 43.3 Å². The van der Waals surface area contributed by atoms with Gasteiger partial charge in [-0.3, -0.25) is 9.69 Å². The second-order valence-corrected chi connectivity index (χ2v) is 9.35. The molecule has 1 aliphatic carbocycles. The number of carbonyl (C=O) groups is 1. The third-order valence-corrected chi connectivity index (χ3v) is 7.04. The number of morpholine rings is 1. The van der Waals surface area contributed by atoms with E-state index < -0.39 is 0 Å². The lowest BCUT2D eigenvalue weighted by atomic mass is 9.75. The SMILES string of the molecule is O=C(N[C@@H]1C[C@H]2CO[C@H](C3CC3)CN2C1)C1(Cc2ccc(Cl)cc2)CNC1. The Labute approximate surface area is 165 Å². The molecule has 0 bridgehead atoms. The van der Waals surface area contributed by atoms with Crippen LogP contribution in [0.4, 0.5) is 0 Å². The maximum atomic E-state index is 13.1. The number of ether oxygens (including phenoxy) is 1. The van der Waals surface area contributed by atoms with Crippen molar-refractivity contribution >= 4 is 17.5 Å². The maximum absolute atomic E-state index is 13.1. The van der Waals surface area contributed by atoms with Crippen molar-refractivity contribution in [2.45, 2.75) is 43.9 Å². The highest BCUT2D eigenvalue weighted by Gasteiger charge is 2.47. The summed E-state index contributed by atoms with van der Waals surface area (Å²) in [6.45, 7) is 4.32. The van der Waals surface area contributed by atoms with Gasteiger partial charge in [-0.15, -0.1) is 0 Å². The molecule has 1 aromatic rings. The van der Waals surface area contributed by atoms with Crippen LogP contribution in [0.25, 0.3) is 0 Å². The average molecular weight is 390 g/mol. The summed E-state index contributed by atoms with van der Waals surface area (Å²) in [6, 6.07) is 8.57. The first-order valence-corrected chi connectivity index (χ1v) is 10.6. The largest absolute Gasteiger partial charge is 0.375 e. The van der Waals surface area contributed by atoms with Crippen molar-refractivity contribution in [2.24, 2.45) is 11.3 Å². The van der Waals surface area contributed by atoms with Crippen LogP contribution in [-0.4, -0.2) is 61.8 Å². The Bertz CT molecular complexity index is 702. The highest BCUT2D eigenvalue weighted by molar-refractivity contribution is 6.30. The molecule has 0 spiro atoms. The Morgan fingerprint density at radius 2 is 2.04 bits per heavy atom. The summed E-state index contributed by atoms with van der Waals surface area (Å²) in [7, 11) is 0. The molecule has 0 unspecified atom stereocenters. The minimum Gasteiger partial charge on any atom is -0.375 e. The van der Waals surface area contributed by atoms with Gasteiger partial charge in [-0.05, 0) is 49.3 Å². The number of nitrogens with one attached hydrogen (secondary N) is 2. The van der Waals surface area contributed by atoms with Gasteiger partial charge in [0.2, 0.25) is 5.91 Å². The van der Waals surface area contributed by atoms with Crippen LogP contribution in [0, 0.1) is 11.3 Å². The molecule has 3 heterocycles. The van der Waals surface area contributed by atoms with E-state index in [0.29, 0.717) is 12.1 Å². The van der Waals surface area contributed by atoms with Crippen molar-refractivity contribution in [1.29, 1.82) is 0 Å². The molecule has 1 aromatic carbocycles. The quantitative estimate of drug-likeness (QED) is 0.806. The van der Waals surface area contributed by atoms with Gasteiger partial charge in [0.05, 0.1) is 18.1 Å². The van der Waals surface area contributed by atoms with Crippen LogP contribution < -0.4 is 10.6 Å². The molecule has 4 aliphatic rings. The van der Waals surface area contributed by atoms with Gasteiger partial charge in [-0.25, -0.2) is 0 Å². The maximum Gasteiger partial charge on any atom is 0.229 e. The highest BCUT2D eigenvalue weighted by Crippen LogP contribution is 2.38. The zero-order chi connectivity index (χ0) is 18.4. The predicted molar refractivity (Wildman–Crippen MR) is 105 cm³/mol. The van der Waals surface area contributed by atoms with E-state index in [1.54, 1.807) is 0 Å². The van der Waals surface area contributed by atoms with E-state index in [-0.39, 0.29) is 17.4 Å². The molecule has 3 saturated heterocycles. The molecule has 2 N–H and O–H groups in total. The molecule has 5 rings (SSSR count). The number of amides is 1. The van der Waals surface area contributed by atoms with E-state index in [9.17, 15) is 4.79 Å². The van der Waals surface area contributed by atoms with Crippen LogP contribution in [0.1, 0.15) is 24.8 Å². The molecule has 3 aliphatic heterocycles. The number of fused-ring (bicyclic) bond motifs is 1. The fraction of sp³-hybridized carbons (Fsp3) is 0.667. The standard InChI is InChI=1S/C21H28ClN3O2/c22-16-5-1-14(2-6-16)8-21(12-23-13-21)20(26)24-17-7-18-11-27-19(15-3-4-15)10-25(18)9-17/h1-2,5-6,15,17-19,23H,3-4,7-13H2,(H,24,26)/t17-,18+,19+/m1/s1. The van der Waals surface area contributed by atoms with Crippen LogP contribution in [0.5, 0.6) is 0 Å². The molecule has 4 fully saturated rings. The van der Waals surface area contributed by atoms with Crippen LogP contribution in [-0.2, 0) is 16.0 Å². The summed E-state index contributed by atoms with van der Waals surface area (Å²) in [6.07, 6.45) is 4.83. The van der Waals surface area contributed by atoms with Gasteiger partial charge in [-0.2, -0.15) is 0 Å². The Morgan fingerprint density at radius 1 is 1.26 bits per heavy atom. The number of hydrogen-bond donors (Lipinski definition) is 2. The van der Waals surface area contributed by atoms with E-state index in [4.69, 9.17) is 16.3 Å². The van der Waals surface area contributed by atoms with Crippen molar-refractivity contribution in [3.05, 3.63) is 34.9 Å². The molecule has 1 amide bonds. The summed E-state index contributed by atoms with van der Waals surface area (Å²) in [5.41, 5.74) is 0.838. The summed E-state index contributed by atoms with van der Waals surface area (Å²) in [5, 5.41) is 7.40. The number of rotatable bonds is 5. The van der Waals surface area contributed by atoms with E-state index in [1.165, 1.54) is 18.4 Å². The molecule has 5 nitrogen and oxygen atoms in total. The van der Waals surface area contributed by atoms with Gasteiger partial charge >= 0.3 is 0 Å². The van der Waals surface area contributed by atoms with Crippen molar-refractivity contribution in [3.8, 4) is 0 Å². The number of halogens is 1. The van der Waals surface area contributed by atoms with E-state index in [0.717, 1.165) is 56.6 Å². The smallest absolute Gasteiger partial charge is 0.229 e. The molecule has 1 saturated carbocycles. The minimum atomic E-state index is -0.329. The van der Waals surface area contributed by atoms with Crippen LogP contribution in [0.15, 0.2) is 24.3 Å². The zero-order valence-electron chi connectivity index (χ0n) is 15.6. The van der Waals surface area contributed by atoms with E-state index in [1.807, 2.05) is 24.3 Å². The first-order chi connectivity index (χ1) is 13.1. The predicted octanol–water partition coefficient (Wildman–Crippen LogP) is 1.84. The van der Waals surface area contributed by atoms with Gasteiger partial charge in [-0.1, -0.05) is 23.7 Å². The second-order valence-electron chi connectivity index (χ2n) is 8.91. The van der Waals surface area contributed by atoms with Gasteiger partial charge in [0.15, 0.2) is 0 Å². The lowest BCUT2D eigenvalue weighted by molar-refractivity contribution is -0.134. The molecular formula is C21H28ClN3O2. The molecule has 0 aromatic heterocycles. The van der Waals surface area contributed by atoms with Crippen LogP contribution in [0.3, 0.4) is 0 Å². The third kappa shape index (κ3) is 3.63. The third-order valence-electron chi connectivity index (χ3n) is 6.79. The zero-order valence-corrected chi connectivity index (χ0v) is 16.4. The molecule has 6 heteroatoms. The highest BCUT2D eigenvalue weighted by atomic mass is 35.5. The summed E-state index contributed by atoms with van der Waals surface area (Å²) < 4.78 is 6.08. The fourth-order valence-corrected chi connectivity index (χ4v) is 5.01. The Balaban J connectivity index is 1.20. The summed E-state index contributed by atoms with van der Waals surface area (Å²) >= 11 is 5.99. The van der Waals surface area contributed by atoms with Gasteiger partial charge in [0.1, 0.15) is 0 Å². The number of nitrogens with zero attached hydrogens (tertiary/aromatic N) is 1. The van der Waals surface area contributed by atoms with Crippen molar-refractivity contribution in [1.82, 2.24) is 15.5 Å². The first-order valence-electron chi connectivity index (χ1n) is 10.2. The average Bonchev–Trinajstić information content (AvgIpc) is 3.39. The second kappa shape index (κ2) is 7.03. The fourth-order valence-electron chi connectivity index (χ4n) is 4.88. The first kappa shape index (κ1) is 17.9. The normalized spacial score (nSPS) is 32.6. The van der Waals surface area contributed by atoms with Crippen LogP contribution in [0.2, 0.25) is 5.02 Å². The van der Waals surface area contributed by atoms with Crippen LogP contribution >= 0.6 is 11.6 Å². The lowest BCUT2D eigenvalue weighted by Crippen LogP contribution is -2.63. The Morgan fingerprint density at radius 3 is 2.70 bits per heavy atom. The minimum absolute atomic E-state index is 0.195. The molecule has 27 heavy (non-hydrogen) atoms. The van der Waals surface area contributed by atoms with E-state index in [2.05, 4.69) is 15.5 Å². The summed E-state index contributed by atoms with van der Waals surface area (Å²) in [5.74, 6) is 0.976. The van der Waals surface area contributed by atoms with E-state index >= 15 is 0 Å². The molecule has 146 valence electrons.